The fourth-order valence-electron chi connectivity index (χ4n) is 2.31. The predicted octanol–water partition coefficient (Wildman–Crippen LogP) is 4.44. The maximum Gasteiger partial charge on any atom is 0.319 e. The van der Waals surface area contributed by atoms with Crippen LogP contribution < -0.4 is 10.6 Å². The van der Waals surface area contributed by atoms with Gasteiger partial charge in [-0.05, 0) is 47.7 Å². The molecule has 3 rings (SSSR count). The van der Waals surface area contributed by atoms with Crippen molar-refractivity contribution in [2.24, 2.45) is 0 Å². The molecule has 0 aliphatic rings. The van der Waals surface area contributed by atoms with Gasteiger partial charge in [-0.3, -0.25) is 4.98 Å². The molecule has 23 heavy (non-hydrogen) atoms. The van der Waals surface area contributed by atoms with Crippen LogP contribution in [0.3, 0.4) is 0 Å². The zero-order valence-corrected chi connectivity index (χ0v) is 13.6. The van der Waals surface area contributed by atoms with Crippen LogP contribution in [0, 0.1) is 6.92 Å². The lowest BCUT2D eigenvalue weighted by Gasteiger charge is -2.10. The average Bonchev–Trinajstić information content (AvgIpc) is 3.07. The third-order valence-corrected chi connectivity index (χ3v) is 4.08. The number of thiophene rings is 1. The van der Waals surface area contributed by atoms with Crippen molar-refractivity contribution in [3.63, 3.8) is 0 Å². The summed E-state index contributed by atoms with van der Waals surface area (Å²) in [4.78, 5) is 16.5. The fourth-order valence-corrected chi connectivity index (χ4v) is 2.95. The minimum atomic E-state index is -0.226. The van der Waals surface area contributed by atoms with Gasteiger partial charge in [-0.25, -0.2) is 4.79 Å². The van der Waals surface area contributed by atoms with Crippen LogP contribution in [-0.4, -0.2) is 11.0 Å². The van der Waals surface area contributed by atoms with Gasteiger partial charge in [0, 0.05) is 29.4 Å². The lowest BCUT2D eigenvalue weighted by atomic mass is 10.1. The predicted molar refractivity (Wildman–Crippen MR) is 94.6 cm³/mol. The Morgan fingerprint density at radius 1 is 1.22 bits per heavy atom. The third-order valence-electron chi connectivity index (χ3n) is 3.40. The Bertz CT molecular complexity index is 800. The summed E-state index contributed by atoms with van der Waals surface area (Å²) in [6, 6.07) is 13.4. The van der Waals surface area contributed by atoms with Gasteiger partial charge in [0.1, 0.15) is 0 Å². The maximum atomic E-state index is 12.1. The minimum Gasteiger partial charge on any atom is -0.334 e. The quantitative estimate of drug-likeness (QED) is 0.746. The second-order valence-electron chi connectivity index (χ2n) is 5.20. The number of benzene rings is 1. The van der Waals surface area contributed by atoms with Crippen LogP contribution in [0.1, 0.15) is 11.1 Å². The van der Waals surface area contributed by atoms with Gasteiger partial charge in [-0.15, -0.1) is 0 Å². The monoisotopic (exact) mass is 323 g/mol. The number of urea groups is 1. The summed E-state index contributed by atoms with van der Waals surface area (Å²) in [5.41, 5.74) is 4.86. The number of carbonyl (C=O) groups is 1. The van der Waals surface area contributed by atoms with Crippen molar-refractivity contribution < 1.29 is 4.79 Å². The Kier molecular flexibility index (Phi) is 4.68. The van der Waals surface area contributed by atoms with Crippen LogP contribution in [0.15, 0.2) is 59.4 Å². The highest BCUT2D eigenvalue weighted by atomic mass is 32.1. The van der Waals surface area contributed by atoms with E-state index in [-0.39, 0.29) is 6.03 Å². The molecule has 5 heteroatoms. The summed E-state index contributed by atoms with van der Waals surface area (Å²) in [7, 11) is 0. The van der Waals surface area contributed by atoms with Crippen molar-refractivity contribution in [1.82, 2.24) is 10.3 Å². The van der Waals surface area contributed by atoms with E-state index in [1.54, 1.807) is 17.5 Å². The van der Waals surface area contributed by atoms with Gasteiger partial charge in [0.15, 0.2) is 0 Å². The number of aromatic nitrogens is 1. The largest absolute Gasteiger partial charge is 0.334 e. The Balaban J connectivity index is 1.66. The topological polar surface area (TPSA) is 54.0 Å². The lowest BCUT2D eigenvalue weighted by Crippen LogP contribution is -2.28. The Morgan fingerprint density at radius 2 is 2.13 bits per heavy atom. The van der Waals surface area contributed by atoms with E-state index in [2.05, 4.69) is 21.0 Å². The summed E-state index contributed by atoms with van der Waals surface area (Å²) in [5, 5.41) is 9.80. The third kappa shape index (κ3) is 3.96. The summed E-state index contributed by atoms with van der Waals surface area (Å²) in [6.45, 7) is 2.42. The molecule has 0 fully saturated rings. The van der Waals surface area contributed by atoms with Crippen LogP contribution >= 0.6 is 11.3 Å². The molecule has 4 nitrogen and oxygen atoms in total. The molecule has 0 unspecified atom stereocenters. The van der Waals surface area contributed by atoms with Gasteiger partial charge in [-0.2, -0.15) is 11.3 Å². The fraction of sp³-hybridized carbons (Fsp3) is 0.111. The highest BCUT2D eigenvalue weighted by Crippen LogP contribution is 2.23. The van der Waals surface area contributed by atoms with Crippen LogP contribution in [0.25, 0.3) is 11.3 Å². The zero-order chi connectivity index (χ0) is 16.1. The number of hydrogen-bond donors (Lipinski definition) is 2. The van der Waals surface area contributed by atoms with Crippen molar-refractivity contribution >= 4 is 23.1 Å². The van der Waals surface area contributed by atoms with E-state index in [0.29, 0.717) is 6.54 Å². The molecule has 1 aromatic carbocycles. The number of rotatable bonds is 4. The summed E-state index contributed by atoms with van der Waals surface area (Å²) >= 11 is 1.63. The molecule has 3 aromatic rings. The first-order chi connectivity index (χ1) is 11.2. The summed E-state index contributed by atoms with van der Waals surface area (Å²) in [6.07, 6.45) is 1.77. The first kappa shape index (κ1) is 15.2. The maximum absolute atomic E-state index is 12.1. The number of anilines is 1. The number of aryl methyl sites for hydroxylation is 1. The standard InChI is InChI=1S/C18H17N3OS/c1-13-4-2-6-16(10-13)21-18(22)20-11-14-5-3-8-19-17(14)15-7-9-23-12-15/h2-10,12H,11H2,1H3,(H2,20,21,22). The molecule has 0 atom stereocenters. The molecule has 0 saturated heterocycles. The number of carbonyl (C=O) groups excluding carboxylic acids is 1. The van der Waals surface area contributed by atoms with Gasteiger partial charge >= 0.3 is 6.03 Å². The van der Waals surface area contributed by atoms with Crippen molar-refractivity contribution in [3.05, 3.63) is 70.5 Å². The SMILES string of the molecule is Cc1cccc(NC(=O)NCc2cccnc2-c2ccsc2)c1. The van der Waals surface area contributed by atoms with Gasteiger partial charge in [0.2, 0.25) is 0 Å². The molecule has 0 aliphatic carbocycles. The molecule has 116 valence electrons. The Morgan fingerprint density at radius 3 is 2.91 bits per heavy atom. The van der Waals surface area contributed by atoms with Crippen LogP contribution in [0.4, 0.5) is 10.5 Å². The molecular weight excluding hydrogens is 306 g/mol. The van der Waals surface area contributed by atoms with Gasteiger partial charge in [0.25, 0.3) is 0 Å². The molecule has 0 bridgehead atoms. The van der Waals surface area contributed by atoms with Crippen LogP contribution in [-0.2, 0) is 6.54 Å². The molecule has 0 spiro atoms. The molecule has 0 saturated carbocycles. The average molecular weight is 323 g/mol. The number of nitrogens with one attached hydrogen (secondary N) is 2. The molecule has 2 N–H and O–H groups in total. The minimum absolute atomic E-state index is 0.226. The van der Waals surface area contributed by atoms with E-state index >= 15 is 0 Å². The van der Waals surface area contributed by atoms with Crippen molar-refractivity contribution in [1.29, 1.82) is 0 Å². The Hall–Kier alpha value is -2.66. The number of amides is 2. The summed E-state index contributed by atoms with van der Waals surface area (Å²) < 4.78 is 0. The first-order valence-electron chi connectivity index (χ1n) is 7.30. The van der Waals surface area contributed by atoms with E-state index in [4.69, 9.17) is 0 Å². The Labute approximate surface area is 139 Å². The zero-order valence-electron chi connectivity index (χ0n) is 12.7. The molecule has 2 heterocycles. The highest BCUT2D eigenvalue weighted by molar-refractivity contribution is 7.08. The second-order valence-corrected chi connectivity index (χ2v) is 5.98. The van der Waals surface area contributed by atoms with Gasteiger partial charge in [-0.1, -0.05) is 18.2 Å². The lowest BCUT2D eigenvalue weighted by molar-refractivity contribution is 0.252. The van der Waals surface area contributed by atoms with Crippen LogP contribution in [0.5, 0.6) is 0 Å². The number of pyridine rings is 1. The van der Waals surface area contributed by atoms with E-state index in [1.807, 2.05) is 54.8 Å². The molecule has 2 amide bonds. The molecular formula is C18H17N3OS. The number of nitrogens with zero attached hydrogens (tertiary/aromatic N) is 1. The normalized spacial score (nSPS) is 10.3. The highest BCUT2D eigenvalue weighted by Gasteiger charge is 2.08. The second kappa shape index (κ2) is 7.07. The molecule has 2 aromatic heterocycles. The summed E-state index contributed by atoms with van der Waals surface area (Å²) in [5.74, 6) is 0. The van der Waals surface area contributed by atoms with Crippen molar-refractivity contribution in [2.75, 3.05) is 5.32 Å². The van der Waals surface area contributed by atoms with E-state index in [0.717, 1.165) is 28.1 Å². The van der Waals surface area contributed by atoms with Crippen LogP contribution in [0.2, 0.25) is 0 Å². The van der Waals surface area contributed by atoms with E-state index in [1.165, 1.54) is 0 Å². The van der Waals surface area contributed by atoms with Gasteiger partial charge in [0.05, 0.1) is 5.69 Å². The molecule has 0 aliphatic heterocycles. The van der Waals surface area contributed by atoms with E-state index < -0.39 is 0 Å². The molecule has 0 radical (unpaired) electrons. The smallest absolute Gasteiger partial charge is 0.319 e. The first-order valence-corrected chi connectivity index (χ1v) is 8.24. The van der Waals surface area contributed by atoms with E-state index in [9.17, 15) is 4.79 Å². The van der Waals surface area contributed by atoms with Crippen molar-refractivity contribution in [2.45, 2.75) is 13.5 Å². The van der Waals surface area contributed by atoms with Crippen molar-refractivity contribution in [3.8, 4) is 11.3 Å². The van der Waals surface area contributed by atoms with Gasteiger partial charge < -0.3 is 10.6 Å². The number of hydrogen-bond acceptors (Lipinski definition) is 3.